The standard InChI is InChI=1S/C7H7FNO2/c1-11-7-5(4-10)2-3-6(8)9-7/h2-3H,4H2,1H3. The first kappa shape index (κ1) is 7.94. The summed E-state index contributed by atoms with van der Waals surface area (Å²) in [5, 5.41) is 10.4. The quantitative estimate of drug-likeness (QED) is 0.603. The molecule has 4 heteroatoms. The number of halogens is 1. The molecule has 1 heterocycles. The summed E-state index contributed by atoms with van der Waals surface area (Å²) in [7, 11) is 1.35. The van der Waals surface area contributed by atoms with Gasteiger partial charge in [-0.3, -0.25) is 0 Å². The van der Waals surface area contributed by atoms with Gasteiger partial charge in [0.05, 0.1) is 7.11 Å². The van der Waals surface area contributed by atoms with E-state index in [0.29, 0.717) is 5.56 Å². The van der Waals surface area contributed by atoms with E-state index in [1.807, 2.05) is 0 Å². The Morgan fingerprint density at radius 1 is 1.64 bits per heavy atom. The van der Waals surface area contributed by atoms with Crippen molar-refractivity contribution in [1.29, 1.82) is 0 Å². The van der Waals surface area contributed by atoms with Crippen molar-refractivity contribution in [3.05, 3.63) is 23.6 Å². The minimum atomic E-state index is -0.640. The third-order valence-corrected chi connectivity index (χ3v) is 1.25. The van der Waals surface area contributed by atoms with Crippen molar-refractivity contribution in [2.75, 3.05) is 7.11 Å². The van der Waals surface area contributed by atoms with E-state index < -0.39 is 12.6 Å². The van der Waals surface area contributed by atoms with E-state index in [0.717, 1.165) is 6.07 Å². The van der Waals surface area contributed by atoms with E-state index in [9.17, 15) is 9.50 Å². The molecule has 1 aromatic heterocycles. The van der Waals surface area contributed by atoms with Gasteiger partial charge in [0.15, 0.2) is 0 Å². The van der Waals surface area contributed by atoms with Crippen molar-refractivity contribution >= 4 is 0 Å². The van der Waals surface area contributed by atoms with Gasteiger partial charge >= 0.3 is 0 Å². The maximum Gasteiger partial charge on any atom is 0.221 e. The van der Waals surface area contributed by atoms with E-state index in [-0.39, 0.29) is 5.88 Å². The average Bonchev–Trinajstić information content (AvgIpc) is 2.04. The molecule has 0 aromatic carbocycles. The molecule has 11 heavy (non-hydrogen) atoms. The van der Waals surface area contributed by atoms with Gasteiger partial charge in [-0.25, -0.2) is 5.11 Å². The molecule has 3 nitrogen and oxygen atoms in total. The summed E-state index contributed by atoms with van der Waals surface area (Å²) in [6.07, 6.45) is 0. The third kappa shape index (κ3) is 1.65. The molecule has 0 aliphatic heterocycles. The second-order valence-electron chi connectivity index (χ2n) is 1.95. The summed E-state index contributed by atoms with van der Waals surface area (Å²) >= 11 is 0. The molecule has 0 bridgehead atoms. The Kier molecular flexibility index (Phi) is 2.38. The average molecular weight is 156 g/mol. The zero-order valence-corrected chi connectivity index (χ0v) is 6.00. The minimum absolute atomic E-state index is 0.0694. The van der Waals surface area contributed by atoms with Crippen molar-refractivity contribution in [2.24, 2.45) is 0 Å². The molecule has 0 saturated heterocycles. The fourth-order valence-electron chi connectivity index (χ4n) is 0.733. The Morgan fingerprint density at radius 2 is 2.36 bits per heavy atom. The first-order valence-corrected chi connectivity index (χ1v) is 3.05. The van der Waals surface area contributed by atoms with Gasteiger partial charge < -0.3 is 4.74 Å². The molecule has 0 atom stereocenters. The van der Waals surface area contributed by atoms with Crippen LogP contribution in [-0.2, 0) is 11.7 Å². The Hall–Kier alpha value is -1.16. The predicted octanol–water partition coefficient (Wildman–Crippen LogP) is 1.16. The number of methoxy groups -OCH3 is 1. The molecule has 0 aliphatic carbocycles. The molecule has 0 aliphatic rings. The number of hydrogen-bond acceptors (Lipinski definition) is 2. The first-order chi connectivity index (χ1) is 5.27. The lowest BCUT2D eigenvalue weighted by molar-refractivity contribution is 0.173. The van der Waals surface area contributed by atoms with Gasteiger partial charge in [-0.05, 0) is 12.1 Å². The normalized spacial score (nSPS) is 9.73. The summed E-state index contributed by atoms with van der Waals surface area (Å²) in [4.78, 5) is 3.37. The van der Waals surface area contributed by atoms with Crippen LogP contribution in [0.1, 0.15) is 5.56 Å². The number of rotatable bonds is 2. The van der Waals surface area contributed by atoms with Crippen LogP contribution in [0.3, 0.4) is 0 Å². The van der Waals surface area contributed by atoms with E-state index in [4.69, 9.17) is 0 Å². The van der Waals surface area contributed by atoms with Gasteiger partial charge in [-0.15, -0.1) is 0 Å². The van der Waals surface area contributed by atoms with Gasteiger partial charge in [-0.1, -0.05) is 0 Å². The van der Waals surface area contributed by atoms with Crippen LogP contribution < -0.4 is 4.74 Å². The molecule has 59 valence electrons. The van der Waals surface area contributed by atoms with E-state index >= 15 is 0 Å². The highest BCUT2D eigenvalue weighted by Gasteiger charge is 2.04. The number of ether oxygens (including phenoxy) is 1. The van der Waals surface area contributed by atoms with E-state index in [1.165, 1.54) is 13.2 Å². The number of pyridine rings is 1. The molecule has 1 aromatic rings. The van der Waals surface area contributed by atoms with Crippen molar-refractivity contribution in [3.63, 3.8) is 0 Å². The Bertz CT molecular complexity index is 252. The van der Waals surface area contributed by atoms with Crippen molar-refractivity contribution in [2.45, 2.75) is 6.61 Å². The SMILES string of the molecule is COc1nc(F)ccc1C[O]. The maximum atomic E-state index is 12.4. The molecular weight excluding hydrogens is 149 g/mol. The molecular formula is C7H7FNO2. The van der Waals surface area contributed by atoms with Crippen LogP contribution in [0.2, 0.25) is 0 Å². The zero-order chi connectivity index (χ0) is 8.27. The van der Waals surface area contributed by atoms with Gasteiger partial charge in [0.2, 0.25) is 11.8 Å². The van der Waals surface area contributed by atoms with Crippen molar-refractivity contribution < 1.29 is 14.2 Å². The van der Waals surface area contributed by atoms with Crippen LogP contribution >= 0.6 is 0 Å². The second-order valence-corrected chi connectivity index (χ2v) is 1.95. The van der Waals surface area contributed by atoms with Gasteiger partial charge in [0, 0.05) is 5.56 Å². The van der Waals surface area contributed by atoms with Crippen LogP contribution in [0.5, 0.6) is 5.88 Å². The fraction of sp³-hybridized carbons (Fsp3) is 0.286. The molecule has 1 radical (unpaired) electrons. The molecule has 1 rings (SSSR count). The Balaban J connectivity index is 3.06. The van der Waals surface area contributed by atoms with Gasteiger partial charge in [0.25, 0.3) is 0 Å². The van der Waals surface area contributed by atoms with Gasteiger partial charge in [0.1, 0.15) is 6.61 Å². The second kappa shape index (κ2) is 3.30. The fourth-order valence-corrected chi connectivity index (χ4v) is 0.733. The summed E-state index contributed by atoms with van der Waals surface area (Å²) in [6.45, 7) is -0.448. The first-order valence-electron chi connectivity index (χ1n) is 3.05. The third-order valence-electron chi connectivity index (χ3n) is 1.25. The monoisotopic (exact) mass is 156 g/mol. The highest BCUT2D eigenvalue weighted by molar-refractivity contribution is 5.24. The molecule has 0 fully saturated rings. The van der Waals surface area contributed by atoms with Crippen LogP contribution in [0, 0.1) is 5.95 Å². The summed E-state index contributed by atoms with van der Waals surface area (Å²) in [6, 6.07) is 2.50. The predicted molar refractivity (Wildman–Crippen MR) is 35.1 cm³/mol. The minimum Gasteiger partial charge on any atom is -0.481 e. The Morgan fingerprint density at radius 3 is 2.91 bits per heavy atom. The molecule has 0 unspecified atom stereocenters. The van der Waals surface area contributed by atoms with E-state index in [1.54, 1.807) is 0 Å². The molecule has 0 N–H and O–H groups in total. The van der Waals surface area contributed by atoms with Gasteiger partial charge in [-0.2, -0.15) is 9.37 Å². The van der Waals surface area contributed by atoms with Crippen LogP contribution in [0.25, 0.3) is 0 Å². The lowest BCUT2D eigenvalue weighted by atomic mass is 10.3. The van der Waals surface area contributed by atoms with Crippen LogP contribution in [0.15, 0.2) is 12.1 Å². The molecule has 0 spiro atoms. The maximum absolute atomic E-state index is 12.4. The van der Waals surface area contributed by atoms with Crippen LogP contribution in [-0.4, -0.2) is 12.1 Å². The van der Waals surface area contributed by atoms with Crippen LogP contribution in [0.4, 0.5) is 4.39 Å². The summed E-state index contributed by atoms with van der Waals surface area (Å²) < 4.78 is 17.0. The lowest BCUT2D eigenvalue weighted by Crippen LogP contribution is -1.95. The topological polar surface area (TPSA) is 42.0 Å². The molecule has 0 amide bonds. The van der Waals surface area contributed by atoms with Crippen molar-refractivity contribution in [1.82, 2.24) is 4.98 Å². The van der Waals surface area contributed by atoms with E-state index in [2.05, 4.69) is 9.72 Å². The lowest BCUT2D eigenvalue weighted by Gasteiger charge is -2.02. The highest BCUT2D eigenvalue weighted by atomic mass is 19.1. The largest absolute Gasteiger partial charge is 0.481 e. The molecule has 0 saturated carbocycles. The zero-order valence-electron chi connectivity index (χ0n) is 6.00. The number of nitrogens with zero attached hydrogens (tertiary/aromatic N) is 1. The highest BCUT2D eigenvalue weighted by Crippen LogP contribution is 2.14. The number of aromatic nitrogens is 1. The smallest absolute Gasteiger partial charge is 0.221 e. The summed E-state index contributed by atoms with van der Waals surface area (Å²) in [5.74, 6) is -0.570. The number of hydrogen-bond donors (Lipinski definition) is 0. The van der Waals surface area contributed by atoms with Crippen molar-refractivity contribution in [3.8, 4) is 5.88 Å². The summed E-state index contributed by atoms with van der Waals surface area (Å²) in [5.41, 5.74) is 0.369. The Labute approximate surface area is 63.5 Å².